The molecule has 0 saturated carbocycles. The van der Waals surface area contributed by atoms with E-state index in [-0.39, 0.29) is 0 Å². The zero-order valence-electron chi connectivity index (χ0n) is 9.38. The molecule has 0 aromatic carbocycles. The van der Waals surface area contributed by atoms with Gasteiger partial charge in [-0.25, -0.2) is 0 Å². The van der Waals surface area contributed by atoms with Gasteiger partial charge in [-0.3, -0.25) is 5.10 Å². The normalized spacial score (nSPS) is 12.3. The minimum Gasteiger partial charge on any atom is -0.310 e. The third kappa shape index (κ3) is 3.72. The average Bonchev–Trinajstić information content (AvgIpc) is 2.64. The number of H-pyrrole nitrogens is 1. The molecule has 4 heteroatoms. The van der Waals surface area contributed by atoms with Gasteiger partial charge in [0.25, 0.3) is 0 Å². The molecule has 0 aliphatic rings. The van der Waals surface area contributed by atoms with Crippen LogP contribution in [0.2, 0.25) is 0 Å². The van der Waals surface area contributed by atoms with Crippen LogP contribution in [0.1, 0.15) is 43.5 Å². The molecule has 15 heavy (non-hydrogen) atoms. The summed E-state index contributed by atoms with van der Waals surface area (Å²) >= 11 is 0. The minimum absolute atomic E-state index is 0.325. The van der Waals surface area contributed by atoms with Crippen LogP contribution in [-0.2, 0) is 0 Å². The van der Waals surface area contributed by atoms with Crippen LogP contribution in [0.4, 0.5) is 0 Å². The molecule has 0 aliphatic carbocycles. The van der Waals surface area contributed by atoms with Crippen LogP contribution in [0.3, 0.4) is 0 Å². The van der Waals surface area contributed by atoms with Crippen LogP contribution >= 0.6 is 0 Å². The maximum absolute atomic E-state index is 8.38. The van der Waals surface area contributed by atoms with Gasteiger partial charge >= 0.3 is 0 Å². The van der Waals surface area contributed by atoms with Crippen molar-refractivity contribution >= 4 is 0 Å². The summed E-state index contributed by atoms with van der Waals surface area (Å²) in [4.78, 5) is 0. The molecule has 0 aliphatic heterocycles. The van der Waals surface area contributed by atoms with Gasteiger partial charge in [0.1, 0.15) is 0 Å². The lowest BCUT2D eigenvalue weighted by Gasteiger charge is -2.12. The third-order valence-corrected chi connectivity index (χ3v) is 2.50. The lowest BCUT2D eigenvalue weighted by molar-refractivity contribution is 0.547. The summed E-state index contributed by atoms with van der Waals surface area (Å²) in [6.45, 7) is 5.10. The van der Waals surface area contributed by atoms with Crippen LogP contribution in [0.25, 0.3) is 0 Å². The summed E-state index contributed by atoms with van der Waals surface area (Å²) < 4.78 is 0. The van der Waals surface area contributed by atoms with Crippen LogP contribution in [0.5, 0.6) is 0 Å². The Labute approximate surface area is 90.7 Å². The van der Waals surface area contributed by atoms with E-state index in [1.54, 1.807) is 0 Å². The smallest absolute Gasteiger partial charge is 0.0621 e. The highest BCUT2D eigenvalue weighted by Gasteiger charge is 2.08. The Morgan fingerprint density at radius 1 is 1.60 bits per heavy atom. The summed E-state index contributed by atoms with van der Waals surface area (Å²) in [5.74, 6) is 0. The van der Waals surface area contributed by atoms with E-state index < -0.39 is 0 Å². The van der Waals surface area contributed by atoms with E-state index in [1.165, 1.54) is 5.56 Å². The van der Waals surface area contributed by atoms with Crippen molar-refractivity contribution in [1.29, 1.82) is 5.26 Å². The summed E-state index contributed by atoms with van der Waals surface area (Å²) in [5.41, 5.74) is 2.34. The summed E-state index contributed by atoms with van der Waals surface area (Å²) in [5, 5.41) is 18.7. The molecular formula is C11H18N4. The fourth-order valence-corrected chi connectivity index (χ4v) is 1.55. The number of hydrogen-bond acceptors (Lipinski definition) is 3. The molecule has 1 aromatic rings. The molecule has 1 atom stereocenters. The highest BCUT2D eigenvalue weighted by Crippen LogP contribution is 2.13. The zero-order chi connectivity index (χ0) is 11.1. The highest BCUT2D eigenvalue weighted by molar-refractivity contribution is 5.18. The summed E-state index contributed by atoms with van der Waals surface area (Å²) in [6, 6.07) is 2.47. The van der Waals surface area contributed by atoms with Crippen molar-refractivity contribution in [3.05, 3.63) is 17.5 Å². The van der Waals surface area contributed by atoms with Gasteiger partial charge in [-0.15, -0.1) is 0 Å². The van der Waals surface area contributed by atoms with Crippen molar-refractivity contribution in [2.75, 3.05) is 6.54 Å². The standard InChI is InChI=1S/C11H18N4/c1-9(11-8-14-15-10(11)2)13-7-5-3-4-6-12/h8-9,13H,3-5,7H2,1-2H3,(H,14,15). The molecule has 1 unspecified atom stereocenters. The van der Waals surface area contributed by atoms with Gasteiger partial charge in [0.2, 0.25) is 0 Å². The molecule has 0 spiro atoms. The molecule has 2 N–H and O–H groups in total. The Balaban J connectivity index is 2.23. The quantitative estimate of drug-likeness (QED) is 0.700. The average molecular weight is 206 g/mol. The molecule has 0 saturated heterocycles. The van der Waals surface area contributed by atoms with E-state index >= 15 is 0 Å². The Kier molecular flexibility index (Phi) is 4.85. The van der Waals surface area contributed by atoms with Gasteiger partial charge in [-0.05, 0) is 33.2 Å². The minimum atomic E-state index is 0.325. The molecule has 0 fully saturated rings. The van der Waals surface area contributed by atoms with Crippen LogP contribution in [0.15, 0.2) is 6.20 Å². The number of aromatic nitrogens is 2. The van der Waals surface area contributed by atoms with Crippen molar-refractivity contribution in [3.63, 3.8) is 0 Å². The second-order valence-electron chi connectivity index (χ2n) is 3.74. The van der Waals surface area contributed by atoms with Gasteiger partial charge in [0.15, 0.2) is 0 Å². The molecule has 0 radical (unpaired) electrons. The van der Waals surface area contributed by atoms with E-state index in [4.69, 9.17) is 5.26 Å². The van der Waals surface area contributed by atoms with Crippen molar-refractivity contribution in [2.24, 2.45) is 0 Å². The molecule has 1 heterocycles. The van der Waals surface area contributed by atoms with E-state index in [1.807, 2.05) is 13.1 Å². The highest BCUT2D eigenvalue weighted by atomic mass is 15.1. The predicted molar refractivity (Wildman–Crippen MR) is 59.2 cm³/mol. The summed E-state index contributed by atoms with van der Waals surface area (Å²) in [7, 11) is 0. The number of aryl methyl sites for hydroxylation is 1. The number of unbranched alkanes of at least 4 members (excludes halogenated alkanes) is 2. The van der Waals surface area contributed by atoms with E-state index in [0.29, 0.717) is 12.5 Å². The van der Waals surface area contributed by atoms with Gasteiger partial charge < -0.3 is 5.32 Å². The van der Waals surface area contributed by atoms with Crippen molar-refractivity contribution in [1.82, 2.24) is 15.5 Å². The second-order valence-corrected chi connectivity index (χ2v) is 3.74. The van der Waals surface area contributed by atoms with Crippen LogP contribution < -0.4 is 5.32 Å². The SMILES string of the molecule is Cc1[nH]ncc1C(C)NCCCCC#N. The van der Waals surface area contributed by atoms with Crippen LogP contribution in [-0.4, -0.2) is 16.7 Å². The Bertz CT molecular complexity index is 324. The molecule has 82 valence electrons. The number of hydrogen-bond donors (Lipinski definition) is 2. The lowest BCUT2D eigenvalue weighted by Crippen LogP contribution is -2.20. The monoisotopic (exact) mass is 206 g/mol. The number of aromatic amines is 1. The van der Waals surface area contributed by atoms with Crippen molar-refractivity contribution < 1.29 is 0 Å². The number of nitrogens with one attached hydrogen (secondary N) is 2. The first-order valence-electron chi connectivity index (χ1n) is 5.36. The molecule has 0 bridgehead atoms. The topological polar surface area (TPSA) is 64.5 Å². The maximum Gasteiger partial charge on any atom is 0.0621 e. The van der Waals surface area contributed by atoms with E-state index in [9.17, 15) is 0 Å². The van der Waals surface area contributed by atoms with Gasteiger partial charge in [-0.1, -0.05) is 0 Å². The molecule has 4 nitrogen and oxygen atoms in total. The van der Waals surface area contributed by atoms with Gasteiger partial charge in [0.05, 0.1) is 12.3 Å². The number of rotatable bonds is 6. The fraction of sp³-hybridized carbons (Fsp3) is 0.636. The largest absolute Gasteiger partial charge is 0.310 e. The van der Waals surface area contributed by atoms with Crippen LogP contribution in [0, 0.1) is 18.3 Å². The molecule has 1 rings (SSSR count). The second kappa shape index (κ2) is 6.20. The number of nitrogens with zero attached hydrogens (tertiary/aromatic N) is 2. The maximum atomic E-state index is 8.38. The Morgan fingerprint density at radius 3 is 3.00 bits per heavy atom. The predicted octanol–water partition coefficient (Wildman–Crippen LogP) is 2.06. The van der Waals surface area contributed by atoms with Gasteiger partial charge in [0, 0.05) is 23.7 Å². The van der Waals surface area contributed by atoms with E-state index in [2.05, 4.69) is 28.5 Å². The first-order chi connectivity index (χ1) is 7.25. The fourth-order valence-electron chi connectivity index (χ4n) is 1.55. The Hall–Kier alpha value is -1.34. The lowest BCUT2D eigenvalue weighted by atomic mass is 10.1. The first kappa shape index (κ1) is 11.7. The summed E-state index contributed by atoms with van der Waals surface area (Å²) in [6.07, 6.45) is 4.54. The molecular weight excluding hydrogens is 188 g/mol. The molecule has 0 amide bonds. The van der Waals surface area contributed by atoms with E-state index in [0.717, 1.165) is 25.1 Å². The molecule has 1 aromatic heterocycles. The first-order valence-corrected chi connectivity index (χ1v) is 5.36. The third-order valence-electron chi connectivity index (χ3n) is 2.50. The number of nitriles is 1. The van der Waals surface area contributed by atoms with Crippen molar-refractivity contribution in [2.45, 2.75) is 39.2 Å². The Morgan fingerprint density at radius 2 is 2.40 bits per heavy atom. The zero-order valence-corrected chi connectivity index (χ0v) is 9.38. The van der Waals surface area contributed by atoms with Gasteiger partial charge in [-0.2, -0.15) is 10.4 Å². The van der Waals surface area contributed by atoms with Crippen molar-refractivity contribution in [3.8, 4) is 6.07 Å².